The fraction of sp³-hybridized carbons (Fsp3) is 0. The minimum Gasteiger partial charge on any atom is -0.478 e. The van der Waals surface area contributed by atoms with E-state index in [0.29, 0.717) is 5.56 Å². The van der Waals surface area contributed by atoms with Crippen LogP contribution in [0.1, 0.15) is 10.4 Å². The van der Waals surface area contributed by atoms with Crippen LogP contribution in [0.25, 0.3) is 20.2 Å². The summed E-state index contributed by atoms with van der Waals surface area (Å²) in [5.41, 5.74) is 0.412. The molecule has 0 bridgehead atoms. The van der Waals surface area contributed by atoms with Crippen molar-refractivity contribution in [3.8, 4) is 0 Å². The minimum absolute atomic E-state index is 0.412. The second-order valence-corrected chi connectivity index (χ2v) is 5.09. The zero-order valence-electron chi connectivity index (χ0n) is 7.56. The molecule has 0 amide bonds. The van der Waals surface area contributed by atoms with Crippen molar-refractivity contribution in [3.05, 3.63) is 34.5 Å². The number of rotatable bonds is 1. The lowest BCUT2D eigenvalue weighted by Crippen LogP contribution is -1.95. The largest absolute Gasteiger partial charge is 0.478 e. The summed E-state index contributed by atoms with van der Waals surface area (Å²) >= 11 is 3.06. The zero-order valence-corrected chi connectivity index (χ0v) is 9.19. The highest BCUT2D eigenvalue weighted by Crippen LogP contribution is 2.34. The summed E-state index contributed by atoms with van der Waals surface area (Å²) < 4.78 is 1.91. The molecule has 0 radical (unpaired) electrons. The van der Waals surface area contributed by atoms with E-state index in [0.717, 1.165) is 20.2 Å². The minimum atomic E-state index is -0.849. The average Bonchev–Trinajstić information content (AvgIpc) is 2.83. The number of thiophene rings is 2. The van der Waals surface area contributed by atoms with E-state index >= 15 is 0 Å². The van der Waals surface area contributed by atoms with Gasteiger partial charge in [0, 0.05) is 20.2 Å². The van der Waals surface area contributed by atoms with Gasteiger partial charge in [0.15, 0.2) is 0 Å². The van der Waals surface area contributed by atoms with Crippen molar-refractivity contribution < 1.29 is 9.90 Å². The van der Waals surface area contributed by atoms with E-state index < -0.39 is 5.97 Å². The number of carboxylic acid groups (broad SMARTS) is 1. The fourth-order valence-corrected chi connectivity index (χ4v) is 3.50. The number of hydrogen-bond donors (Lipinski definition) is 1. The number of fused-ring (bicyclic) bond motifs is 3. The summed E-state index contributed by atoms with van der Waals surface area (Å²) in [6.45, 7) is 0. The molecule has 0 aliphatic rings. The van der Waals surface area contributed by atoms with E-state index in [1.807, 2.05) is 22.9 Å². The Morgan fingerprint density at radius 3 is 2.67 bits per heavy atom. The first-order valence-electron chi connectivity index (χ1n) is 4.38. The number of hydrogen-bond acceptors (Lipinski definition) is 3. The third-order valence-corrected chi connectivity index (χ3v) is 4.21. The van der Waals surface area contributed by atoms with Crippen LogP contribution in [0.4, 0.5) is 0 Å². The van der Waals surface area contributed by atoms with Gasteiger partial charge in [-0.2, -0.15) is 0 Å². The Balaban J connectivity index is 2.59. The Labute approximate surface area is 93.4 Å². The zero-order chi connectivity index (χ0) is 10.4. The van der Waals surface area contributed by atoms with E-state index in [4.69, 9.17) is 5.11 Å². The molecule has 0 saturated carbocycles. The Morgan fingerprint density at radius 1 is 1.13 bits per heavy atom. The van der Waals surface area contributed by atoms with Crippen LogP contribution in [0.3, 0.4) is 0 Å². The molecule has 4 heteroatoms. The molecule has 1 N–H and O–H groups in total. The normalized spacial score (nSPS) is 11.2. The first-order valence-corrected chi connectivity index (χ1v) is 6.14. The van der Waals surface area contributed by atoms with Gasteiger partial charge in [0.2, 0.25) is 0 Å². The average molecular weight is 234 g/mol. The topological polar surface area (TPSA) is 37.3 Å². The highest BCUT2D eigenvalue weighted by Gasteiger charge is 2.13. The summed E-state index contributed by atoms with van der Waals surface area (Å²) in [6.07, 6.45) is 0. The van der Waals surface area contributed by atoms with Gasteiger partial charge in [-0.25, -0.2) is 4.79 Å². The van der Waals surface area contributed by atoms with E-state index in [2.05, 4.69) is 0 Å². The second-order valence-electron chi connectivity index (χ2n) is 3.23. The molecule has 0 saturated heterocycles. The van der Waals surface area contributed by atoms with Crippen LogP contribution in [-0.2, 0) is 0 Å². The second kappa shape index (κ2) is 3.05. The molecule has 0 unspecified atom stereocenters. The molecule has 2 nitrogen and oxygen atoms in total. The summed E-state index contributed by atoms with van der Waals surface area (Å²) in [5.74, 6) is -0.849. The van der Waals surface area contributed by atoms with Gasteiger partial charge < -0.3 is 5.11 Å². The van der Waals surface area contributed by atoms with Gasteiger partial charge in [-0.05, 0) is 29.0 Å². The van der Waals surface area contributed by atoms with E-state index in [-0.39, 0.29) is 0 Å². The van der Waals surface area contributed by atoms with Gasteiger partial charge >= 0.3 is 5.97 Å². The lowest BCUT2D eigenvalue weighted by Gasteiger charge is -1.98. The Kier molecular flexibility index (Phi) is 1.81. The summed E-state index contributed by atoms with van der Waals surface area (Å²) in [6, 6.07) is 5.79. The number of carboxylic acids is 1. The van der Waals surface area contributed by atoms with Gasteiger partial charge in [-0.1, -0.05) is 0 Å². The Bertz CT molecular complexity index is 663. The van der Waals surface area contributed by atoms with Crippen molar-refractivity contribution in [2.45, 2.75) is 0 Å². The maximum absolute atomic E-state index is 11.1. The molecule has 15 heavy (non-hydrogen) atoms. The maximum Gasteiger partial charge on any atom is 0.337 e. The van der Waals surface area contributed by atoms with Gasteiger partial charge in [0.05, 0.1) is 5.56 Å². The van der Waals surface area contributed by atoms with Gasteiger partial charge in [0.25, 0.3) is 0 Å². The van der Waals surface area contributed by atoms with E-state index in [1.54, 1.807) is 17.4 Å². The molecule has 3 rings (SSSR count). The first kappa shape index (κ1) is 8.88. The van der Waals surface area contributed by atoms with Crippen molar-refractivity contribution in [2.75, 3.05) is 0 Å². The van der Waals surface area contributed by atoms with Crippen LogP contribution in [0, 0.1) is 0 Å². The monoisotopic (exact) mass is 234 g/mol. The van der Waals surface area contributed by atoms with Gasteiger partial charge in [-0.3, -0.25) is 0 Å². The molecule has 0 aliphatic heterocycles. The van der Waals surface area contributed by atoms with Crippen molar-refractivity contribution in [1.82, 2.24) is 0 Å². The molecular weight excluding hydrogens is 228 g/mol. The third-order valence-electron chi connectivity index (χ3n) is 2.40. The first-order chi connectivity index (χ1) is 7.27. The number of benzene rings is 1. The van der Waals surface area contributed by atoms with E-state index in [1.165, 1.54) is 11.3 Å². The molecule has 1 aromatic carbocycles. The van der Waals surface area contributed by atoms with Gasteiger partial charge in [0.1, 0.15) is 0 Å². The SMILES string of the molecule is O=C(O)c1cc2sccc2c2ccsc12. The third kappa shape index (κ3) is 1.19. The van der Waals surface area contributed by atoms with Crippen LogP contribution in [-0.4, -0.2) is 11.1 Å². The predicted octanol–water partition coefficient (Wildman–Crippen LogP) is 3.81. The van der Waals surface area contributed by atoms with Gasteiger partial charge in [-0.15, -0.1) is 22.7 Å². The highest BCUT2D eigenvalue weighted by molar-refractivity contribution is 7.19. The summed E-state index contributed by atoms with van der Waals surface area (Å²) in [7, 11) is 0. The maximum atomic E-state index is 11.1. The summed E-state index contributed by atoms with van der Waals surface area (Å²) in [5, 5.41) is 15.2. The van der Waals surface area contributed by atoms with Crippen LogP contribution in [0.2, 0.25) is 0 Å². The quantitative estimate of drug-likeness (QED) is 0.695. The lowest BCUT2D eigenvalue weighted by atomic mass is 10.1. The van der Waals surface area contributed by atoms with Crippen LogP contribution in [0.5, 0.6) is 0 Å². The number of aromatic carboxylic acids is 1. The molecule has 0 spiro atoms. The fourth-order valence-electron chi connectivity index (χ4n) is 1.74. The van der Waals surface area contributed by atoms with E-state index in [9.17, 15) is 4.79 Å². The van der Waals surface area contributed by atoms with Crippen molar-refractivity contribution in [1.29, 1.82) is 0 Å². The van der Waals surface area contributed by atoms with Crippen LogP contribution < -0.4 is 0 Å². The smallest absolute Gasteiger partial charge is 0.337 e. The predicted molar refractivity (Wildman–Crippen MR) is 64.2 cm³/mol. The molecule has 0 atom stereocenters. The molecule has 0 aliphatic carbocycles. The lowest BCUT2D eigenvalue weighted by molar-refractivity contribution is 0.0699. The molecule has 2 heterocycles. The van der Waals surface area contributed by atoms with Crippen molar-refractivity contribution in [2.24, 2.45) is 0 Å². The van der Waals surface area contributed by atoms with Crippen LogP contribution in [0.15, 0.2) is 29.0 Å². The number of carbonyl (C=O) groups is 1. The molecule has 2 aromatic heterocycles. The van der Waals surface area contributed by atoms with Crippen molar-refractivity contribution >= 4 is 48.8 Å². The highest BCUT2D eigenvalue weighted by atomic mass is 32.1. The Hall–Kier alpha value is -1.39. The standard InChI is InChI=1S/C11H6O2S2/c12-11(13)8-5-9-6(1-3-14-9)7-2-4-15-10(7)8/h1-5H,(H,12,13). The van der Waals surface area contributed by atoms with Crippen molar-refractivity contribution in [3.63, 3.8) is 0 Å². The molecular formula is C11H6O2S2. The molecule has 0 fully saturated rings. The Morgan fingerprint density at radius 2 is 1.87 bits per heavy atom. The molecule has 74 valence electrons. The van der Waals surface area contributed by atoms with Crippen LogP contribution >= 0.6 is 22.7 Å². The molecule has 3 aromatic rings. The summed E-state index contributed by atoms with van der Waals surface area (Å²) in [4.78, 5) is 11.1.